The van der Waals surface area contributed by atoms with E-state index >= 15 is 0 Å². The summed E-state index contributed by atoms with van der Waals surface area (Å²) in [5.41, 5.74) is 1.35. The van der Waals surface area contributed by atoms with E-state index in [1.807, 2.05) is 19.1 Å². The van der Waals surface area contributed by atoms with Gasteiger partial charge >= 0.3 is 5.97 Å². The van der Waals surface area contributed by atoms with Gasteiger partial charge in [0.15, 0.2) is 29.1 Å². The normalized spacial score (nSPS) is 21.1. The number of fused-ring (bicyclic) bond motifs is 4. The standard InChI is InChI=1S/C30H32O9/c1-16-12-18-13-20(33-3)24(34-4)26(35-5)22(18)23-19(14-21-25(27(23)36-6)38-15-37-21)28(30(16,2)32)39-29(31)17-10-8-7-9-11-17/h7-11,13-14,16,28,32H,12,15H2,1-6H3/t16-,28+,30-/m0/s1. The van der Waals surface area contributed by atoms with Crippen LogP contribution in [0.15, 0.2) is 42.5 Å². The molecule has 3 aromatic carbocycles. The van der Waals surface area contributed by atoms with Crippen molar-refractivity contribution in [1.82, 2.24) is 0 Å². The molecular weight excluding hydrogens is 504 g/mol. The van der Waals surface area contributed by atoms with E-state index in [2.05, 4.69) is 0 Å². The van der Waals surface area contributed by atoms with Crippen LogP contribution in [0.25, 0.3) is 11.1 Å². The molecule has 0 aromatic heterocycles. The Morgan fingerprint density at radius 1 is 0.923 bits per heavy atom. The van der Waals surface area contributed by atoms with Crippen LogP contribution in [0.2, 0.25) is 0 Å². The van der Waals surface area contributed by atoms with Crippen LogP contribution in [0.5, 0.6) is 34.5 Å². The van der Waals surface area contributed by atoms with Crippen molar-refractivity contribution in [3.63, 3.8) is 0 Å². The minimum atomic E-state index is -1.50. The van der Waals surface area contributed by atoms with Crippen LogP contribution in [-0.2, 0) is 11.2 Å². The van der Waals surface area contributed by atoms with E-state index in [4.69, 9.17) is 33.2 Å². The molecule has 2 aliphatic rings. The second-order valence-corrected chi connectivity index (χ2v) is 9.77. The number of hydrogen-bond acceptors (Lipinski definition) is 9. The van der Waals surface area contributed by atoms with Gasteiger partial charge in [0.05, 0.1) is 34.0 Å². The molecule has 0 saturated heterocycles. The first-order valence-corrected chi connectivity index (χ1v) is 12.6. The molecule has 0 fully saturated rings. The molecule has 5 rings (SSSR count). The van der Waals surface area contributed by atoms with Crippen molar-refractivity contribution in [3.8, 4) is 45.6 Å². The van der Waals surface area contributed by atoms with Crippen molar-refractivity contribution < 1.29 is 43.1 Å². The summed E-state index contributed by atoms with van der Waals surface area (Å²) >= 11 is 0. The molecule has 1 aliphatic heterocycles. The summed E-state index contributed by atoms with van der Waals surface area (Å²) in [6.45, 7) is 3.57. The van der Waals surface area contributed by atoms with Crippen molar-refractivity contribution >= 4 is 5.97 Å². The quantitative estimate of drug-likeness (QED) is 0.438. The second-order valence-electron chi connectivity index (χ2n) is 9.77. The van der Waals surface area contributed by atoms with Gasteiger partial charge in [-0.1, -0.05) is 25.1 Å². The number of benzene rings is 3. The van der Waals surface area contributed by atoms with Crippen molar-refractivity contribution in [2.24, 2.45) is 5.92 Å². The lowest BCUT2D eigenvalue weighted by Crippen LogP contribution is -2.43. The third-order valence-corrected chi connectivity index (χ3v) is 7.59. The minimum Gasteiger partial charge on any atom is -0.493 e. The highest BCUT2D eigenvalue weighted by Crippen LogP contribution is 2.59. The molecular formula is C30H32O9. The Labute approximate surface area is 227 Å². The van der Waals surface area contributed by atoms with E-state index in [-0.39, 0.29) is 12.7 Å². The van der Waals surface area contributed by atoms with Crippen LogP contribution in [0.1, 0.15) is 41.4 Å². The van der Waals surface area contributed by atoms with Gasteiger partial charge in [0.2, 0.25) is 18.3 Å². The Bertz CT molecular complexity index is 1400. The molecule has 9 nitrogen and oxygen atoms in total. The Balaban J connectivity index is 1.86. The van der Waals surface area contributed by atoms with Crippen molar-refractivity contribution in [2.75, 3.05) is 35.2 Å². The average Bonchev–Trinajstić information content (AvgIpc) is 3.42. The summed E-state index contributed by atoms with van der Waals surface area (Å²) in [5, 5.41) is 12.1. The van der Waals surface area contributed by atoms with Crippen molar-refractivity contribution in [3.05, 3.63) is 59.2 Å². The fraction of sp³-hybridized carbons (Fsp3) is 0.367. The highest BCUT2D eigenvalue weighted by Gasteiger charge is 2.47. The zero-order valence-corrected chi connectivity index (χ0v) is 22.8. The number of carbonyl (C=O) groups is 1. The molecule has 9 heteroatoms. The molecule has 1 N–H and O–H groups in total. The van der Waals surface area contributed by atoms with Gasteiger partial charge in [-0.2, -0.15) is 0 Å². The highest BCUT2D eigenvalue weighted by molar-refractivity contribution is 5.91. The zero-order valence-electron chi connectivity index (χ0n) is 22.8. The second kappa shape index (κ2) is 10.2. The molecule has 0 bridgehead atoms. The summed E-state index contributed by atoms with van der Waals surface area (Å²) in [6.07, 6.45) is -0.709. The molecule has 0 amide bonds. The third-order valence-electron chi connectivity index (χ3n) is 7.59. The van der Waals surface area contributed by atoms with Crippen LogP contribution in [-0.4, -0.2) is 51.9 Å². The van der Waals surface area contributed by atoms with Gasteiger partial charge in [-0.3, -0.25) is 0 Å². The Morgan fingerprint density at radius 3 is 2.26 bits per heavy atom. The van der Waals surface area contributed by atoms with Gasteiger partial charge in [0.25, 0.3) is 0 Å². The number of hydrogen-bond donors (Lipinski definition) is 1. The van der Waals surface area contributed by atoms with Crippen LogP contribution >= 0.6 is 0 Å². The number of aliphatic hydroxyl groups is 1. The van der Waals surface area contributed by atoms with Crippen molar-refractivity contribution in [1.29, 1.82) is 0 Å². The van der Waals surface area contributed by atoms with Crippen LogP contribution in [0, 0.1) is 5.92 Å². The Morgan fingerprint density at radius 2 is 1.62 bits per heavy atom. The molecule has 3 aromatic rings. The monoisotopic (exact) mass is 536 g/mol. The van der Waals surface area contributed by atoms with Gasteiger partial charge < -0.3 is 38.3 Å². The first-order valence-electron chi connectivity index (χ1n) is 12.6. The molecule has 1 aliphatic carbocycles. The predicted molar refractivity (Wildman–Crippen MR) is 142 cm³/mol. The lowest BCUT2D eigenvalue weighted by molar-refractivity contribution is -0.107. The predicted octanol–water partition coefficient (Wildman–Crippen LogP) is 4.96. The van der Waals surface area contributed by atoms with Gasteiger partial charge in [-0.15, -0.1) is 0 Å². The molecule has 0 unspecified atom stereocenters. The first kappa shape index (κ1) is 26.5. The third kappa shape index (κ3) is 4.27. The van der Waals surface area contributed by atoms with E-state index in [1.165, 1.54) is 14.2 Å². The molecule has 0 saturated carbocycles. The lowest BCUT2D eigenvalue weighted by Gasteiger charge is -2.41. The van der Waals surface area contributed by atoms with Crippen molar-refractivity contribution in [2.45, 2.75) is 32.0 Å². The van der Waals surface area contributed by atoms with E-state index in [0.717, 1.165) is 5.56 Å². The maximum absolute atomic E-state index is 13.4. The number of rotatable bonds is 6. The highest BCUT2D eigenvalue weighted by atomic mass is 16.7. The fourth-order valence-corrected chi connectivity index (χ4v) is 5.37. The van der Waals surface area contributed by atoms with Gasteiger partial charge in [-0.25, -0.2) is 4.79 Å². The zero-order chi connectivity index (χ0) is 27.9. The van der Waals surface area contributed by atoms with Crippen LogP contribution in [0.4, 0.5) is 0 Å². The van der Waals surface area contributed by atoms with E-state index in [0.29, 0.717) is 63.2 Å². The Kier molecular flexibility index (Phi) is 6.94. The number of esters is 1. The summed E-state index contributed by atoms with van der Waals surface area (Å²) in [4.78, 5) is 13.4. The Hall–Kier alpha value is -4.11. The number of carbonyl (C=O) groups excluding carboxylic acids is 1. The summed E-state index contributed by atoms with van der Waals surface area (Å²) in [6, 6.07) is 12.3. The maximum Gasteiger partial charge on any atom is 0.338 e. The maximum atomic E-state index is 13.4. The van der Waals surface area contributed by atoms with Gasteiger partial charge in [0.1, 0.15) is 5.60 Å². The van der Waals surface area contributed by atoms with Gasteiger partial charge in [-0.05, 0) is 49.1 Å². The van der Waals surface area contributed by atoms with E-state index in [1.54, 1.807) is 51.5 Å². The van der Waals surface area contributed by atoms with Crippen LogP contribution in [0.3, 0.4) is 0 Å². The smallest absolute Gasteiger partial charge is 0.338 e. The van der Waals surface area contributed by atoms with E-state index < -0.39 is 17.7 Å². The summed E-state index contributed by atoms with van der Waals surface area (Å²) < 4.78 is 40.8. The molecule has 206 valence electrons. The molecule has 1 heterocycles. The largest absolute Gasteiger partial charge is 0.493 e. The topological polar surface area (TPSA) is 102 Å². The van der Waals surface area contributed by atoms with E-state index in [9.17, 15) is 9.90 Å². The molecule has 3 atom stereocenters. The number of ether oxygens (including phenoxy) is 7. The minimum absolute atomic E-state index is 0.00816. The van der Waals surface area contributed by atoms with Gasteiger partial charge in [0, 0.05) is 16.7 Å². The molecule has 39 heavy (non-hydrogen) atoms. The van der Waals surface area contributed by atoms with Crippen LogP contribution < -0.4 is 28.4 Å². The number of methoxy groups -OCH3 is 4. The fourth-order valence-electron chi connectivity index (χ4n) is 5.37. The SMILES string of the molecule is COc1cc2c(c(OC)c1OC)-c1c(cc3c(c1OC)OCO3)[C@@H](OC(=O)c1ccccc1)[C@@](C)(O)[C@@H](C)C2. The summed E-state index contributed by atoms with van der Waals surface area (Å²) in [5.74, 6) is 1.51. The lowest BCUT2D eigenvalue weighted by atomic mass is 9.73. The molecule has 0 radical (unpaired) electrons. The average molecular weight is 537 g/mol. The molecule has 0 spiro atoms. The first-order chi connectivity index (χ1) is 18.8. The summed E-state index contributed by atoms with van der Waals surface area (Å²) in [7, 11) is 6.15.